The zero-order valence-corrected chi connectivity index (χ0v) is 14.4. The lowest BCUT2D eigenvalue weighted by Crippen LogP contribution is -2.47. The summed E-state index contributed by atoms with van der Waals surface area (Å²) in [6.45, 7) is 4.65. The highest BCUT2D eigenvalue weighted by atomic mass is 16.2. The van der Waals surface area contributed by atoms with Gasteiger partial charge in [-0.25, -0.2) is 4.98 Å². The summed E-state index contributed by atoms with van der Waals surface area (Å²) in [6.07, 6.45) is 9.10. The lowest BCUT2D eigenvalue weighted by Gasteiger charge is -2.37. The van der Waals surface area contributed by atoms with E-state index in [0.29, 0.717) is 12.5 Å². The SMILES string of the molecule is O=C(NCc1ccc(N2CCCC2)nc1)[C@@]12CCCC[C@H]1CNC2. The molecule has 5 nitrogen and oxygen atoms in total. The maximum Gasteiger partial charge on any atom is 0.228 e. The predicted molar refractivity (Wildman–Crippen MR) is 94.8 cm³/mol. The maximum atomic E-state index is 12.9. The lowest BCUT2D eigenvalue weighted by atomic mass is 9.67. The number of nitrogens with one attached hydrogen (secondary N) is 2. The van der Waals surface area contributed by atoms with E-state index in [9.17, 15) is 4.79 Å². The van der Waals surface area contributed by atoms with E-state index < -0.39 is 0 Å². The van der Waals surface area contributed by atoms with Gasteiger partial charge in [0.25, 0.3) is 0 Å². The van der Waals surface area contributed by atoms with Gasteiger partial charge in [0.15, 0.2) is 0 Å². The smallest absolute Gasteiger partial charge is 0.228 e. The number of anilines is 1. The molecule has 2 aliphatic heterocycles. The Morgan fingerprint density at radius 1 is 1.29 bits per heavy atom. The van der Waals surface area contributed by atoms with Crippen molar-refractivity contribution in [2.75, 3.05) is 31.1 Å². The van der Waals surface area contributed by atoms with Gasteiger partial charge in [-0.1, -0.05) is 18.9 Å². The zero-order valence-electron chi connectivity index (χ0n) is 14.4. The molecule has 0 spiro atoms. The molecule has 2 saturated heterocycles. The van der Waals surface area contributed by atoms with Crippen LogP contribution >= 0.6 is 0 Å². The molecule has 2 N–H and O–H groups in total. The minimum absolute atomic E-state index is 0.166. The summed E-state index contributed by atoms with van der Waals surface area (Å²) in [7, 11) is 0. The first-order valence-electron chi connectivity index (χ1n) is 9.47. The van der Waals surface area contributed by atoms with Gasteiger partial charge in [-0.05, 0) is 49.8 Å². The highest BCUT2D eigenvalue weighted by molar-refractivity contribution is 5.83. The van der Waals surface area contributed by atoms with E-state index in [2.05, 4.69) is 32.7 Å². The molecule has 0 unspecified atom stereocenters. The number of amides is 1. The van der Waals surface area contributed by atoms with Gasteiger partial charge in [-0.3, -0.25) is 4.79 Å². The van der Waals surface area contributed by atoms with Crippen molar-refractivity contribution in [3.63, 3.8) is 0 Å². The Hall–Kier alpha value is -1.62. The van der Waals surface area contributed by atoms with Crippen molar-refractivity contribution in [1.29, 1.82) is 0 Å². The summed E-state index contributed by atoms with van der Waals surface area (Å²) in [6, 6.07) is 4.19. The second-order valence-corrected chi connectivity index (χ2v) is 7.63. The molecule has 1 aromatic rings. The molecule has 130 valence electrons. The molecule has 24 heavy (non-hydrogen) atoms. The third-order valence-electron chi connectivity index (χ3n) is 6.18. The first kappa shape index (κ1) is 15.9. The average Bonchev–Trinajstić information content (AvgIpc) is 3.30. The van der Waals surface area contributed by atoms with Gasteiger partial charge >= 0.3 is 0 Å². The molecule has 3 fully saturated rings. The molecule has 3 aliphatic rings. The number of carbonyl (C=O) groups is 1. The summed E-state index contributed by atoms with van der Waals surface area (Å²) in [5, 5.41) is 6.63. The molecule has 1 amide bonds. The van der Waals surface area contributed by atoms with Crippen LogP contribution in [-0.2, 0) is 11.3 Å². The van der Waals surface area contributed by atoms with Crippen LogP contribution in [0, 0.1) is 11.3 Å². The van der Waals surface area contributed by atoms with Gasteiger partial charge in [0.2, 0.25) is 5.91 Å². The molecule has 2 atom stereocenters. The quantitative estimate of drug-likeness (QED) is 0.888. The third-order valence-corrected chi connectivity index (χ3v) is 6.18. The Bertz CT molecular complexity index is 582. The predicted octanol–water partition coefficient (Wildman–Crippen LogP) is 2.08. The van der Waals surface area contributed by atoms with Crippen molar-refractivity contribution in [2.24, 2.45) is 11.3 Å². The Morgan fingerprint density at radius 3 is 2.96 bits per heavy atom. The van der Waals surface area contributed by atoms with Crippen LogP contribution in [0.15, 0.2) is 18.3 Å². The van der Waals surface area contributed by atoms with Crippen molar-refractivity contribution >= 4 is 11.7 Å². The normalized spacial score (nSPS) is 29.5. The van der Waals surface area contributed by atoms with Crippen LogP contribution in [-0.4, -0.2) is 37.1 Å². The highest BCUT2D eigenvalue weighted by Crippen LogP contribution is 2.43. The number of rotatable bonds is 4. The number of nitrogens with zero attached hydrogens (tertiary/aromatic N) is 2. The highest BCUT2D eigenvalue weighted by Gasteiger charge is 2.49. The molecule has 0 aromatic carbocycles. The summed E-state index contributed by atoms with van der Waals surface area (Å²) in [5.41, 5.74) is 0.919. The fraction of sp³-hybridized carbons (Fsp3) is 0.684. The average molecular weight is 328 g/mol. The van der Waals surface area contributed by atoms with Crippen LogP contribution < -0.4 is 15.5 Å². The molecular weight excluding hydrogens is 300 g/mol. The number of hydrogen-bond acceptors (Lipinski definition) is 4. The zero-order chi connectivity index (χ0) is 16.4. The van der Waals surface area contributed by atoms with E-state index in [0.717, 1.165) is 44.0 Å². The second-order valence-electron chi connectivity index (χ2n) is 7.63. The van der Waals surface area contributed by atoms with Crippen LogP contribution in [0.4, 0.5) is 5.82 Å². The number of carbonyl (C=O) groups excluding carboxylic acids is 1. The van der Waals surface area contributed by atoms with Gasteiger partial charge < -0.3 is 15.5 Å². The summed E-state index contributed by atoms with van der Waals surface area (Å²) in [5.74, 6) is 1.82. The van der Waals surface area contributed by atoms with E-state index in [1.165, 1.54) is 32.1 Å². The van der Waals surface area contributed by atoms with Crippen LogP contribution in [0.25, 0.3) is 0 Å². The van der Waals surface area contributed by atoms with Gasteiger partial charge in [-0.15, -0.1) is 0 Å². The van der Waals surface area contributed by atoms with Gasteiger partial charge in [0.1, 0.15) is 5.82 Å². The summed E-state index contributed by atoms with van der Waals surface area (Å²) >= 11 is 0. The van der Waals surface area contributed by atoms with Gasteiger partial charge in [0.05, 0.1) is 5.41 Å². The topological polar surface area (TPSA) is 57.3 Å². The molecule has 1 aliphatic carbocycles. The second kappa shape index (κ2) is 6.71. The molecular formula is C19H28N4O. The van der Waals surface area contributed by atoms with E-state index >= 15 is 0 Å². The Labute approximate surface area is 144 Å². The van der Waals surface area contributed by atoms with E-state index in [-0.39, 0.29) is 11.3 Å². The molecule has 0 radical (unpaired) electrons. The fourth-order valence-corrected chi connectivity index (χ4v) is 4.70. The van der Waals surface area contributed by atoms with E-state index in [1.807, 2.05) is 6.20 Å². The first-order chi connectivity index (χ1) is 11.8. The van der Waals surface area contributed by atoms with Crippen LogP contribution in [0.1, 0.15) is 44.1 Å². The van der Waals surface area contributed by atoms with Crippen LogP contribution in [0.5, 0.6) is 0 Å². The van der Waals surface area contributed by atoms with E-state index in [1.54, 1.807) is 0 Å². The van der Waals surface area contributed by atoms with Gasteiger partial charge in [0, 0.05) is 32.4 Å². The lowest BCUT2D eigenvalue weighted by molar-refractivity contribution is -0.134. The molecule has 0 bridgehead atoms. The van der Waals surface area contributed by atoms with Crippen molar-refractivity contribution in [3.8, 4) is 0 Å². The van der Waals surface area contributed by atoms with Crippen LogP contribution in [0.3, 0.4) is 0 Å². The Morgan fingerprint density at radius 2 is 2.17 bits per heavy atom. The number of pyridine rings is 1. The molecule has 4 rings (SSSR count). The van der Waals surface area contributed by atoms with Crippen molar-refractivity contribution in [2.45, 2.75) is 45.1 Å². The Kier molecular flexibility index (Phi) is 4.44. The van der Waals surface area contributed by atoms with Crippen molar-refractivity contribution in [1.82, 2.24) is 15.6 Å². The third kappa shape index (κ3) is 2.90. The molecule has 5 heteroatoms. The van der Waals surface area contributed by atoms with Gasteiger partial charge in [-0.2, -0.15) is 0 Å². The summed E-state index contributed by atoms with van der Waals surface area (Å²) in [4.78, 5) is 19.8. The largest absolute Gasteiger partial charge is 0.357 e. The first-order valence-corrected chi connectivity index (χ1v) is 9.47. The minimum Gasteiger partial charge on any atom is -0.357 e. The number of aromatic nitrogens is 1. The van der Waals surface area contributed by atoms with E-state index in [4.69, 9.17) is 0 Å². The number of fused-ring (bicyclic) bond motifs is 1. The molecule has 1 aromatic heterocycles. The maximum absolute atomic E-state index is 12.9. The molecule has 1 saturated carbocycles. The fourth-order valence-electron chi connectivity index (χ4n) is 4.70. The monoisotopic (exact) mass is 328 g/mol. The minimum atomic E-state index is -0.166. The standard InChI is InChI=1S/C19H28N4O/c24-18(19-8-2-1-5-16(19)13-20-14-19)22-12-15-6-7-17(21-11-15)23-9-3-4-10-23/h6-7,11,16,20H,1-5,8-10,12-14H2,(H,22,24)/t16-,19+/m0/s1. The van der Waals surface area contributed by atoms with Crippen LogP contribution in [0.2, 0.25) is 0 Å². The van der Waals surface area contributed by atoms with Crippen molar-refractivity contribution in [3.05, 3.63) is 23.9 Å². The van der Waals surface area contributed by atoms with Crippen molar-refractivity contribution < 1.29 is 4.79 Å². The number of hydrogen-bond donors (Lipinski definition) is 2. The molecule has 3 heterocycles. The Balaban J connectivity index is 1.36. The summed E-state index contributed by atoms with van der Waals surface area (Å²) < 4.78 is 0.